The third kappa shape index (κ3) is 5.78. The van der Waals surface area contributed by atoms with Gasteiger partial charge in [-0.1, -0.05) is 6.92 Å². The predicted octanol–water partition coefficient (Wildman–Crippen LogP) is 0.900. The van der Waals surface area contributed by atoms with E-state index in [0.29, 0.717) is 6.42 Å². The van der Waals surface area contributed by atoms with Crippen LogP contribution in [0.3, 0.4) is 0 Å². The van der Waals surface area contributed by atoms with Crippen molar-refractivity contribution in [2.75, 3.05) is 18.1 Å². The summed E-state index contributed by atoms with van der Waals surface area (Å²) in [5, 5.41) is 0. The van der Waals surface area contributed by atoms with E-state index in [-0.39, 0.29) is 19.4 Å². The summed E-state index contributed by atoms with van der Waals surface area (Å²) in [6.45, 7) is 5.65. The minimum atomic E-state index is -0.797. The second kappa shape index (κ2) is 9.89. The smallest absolute Gasteiger partial charge is 0.306 e. The van der Waals surface area contributed by atoms with Crippen LogP contribution in [0.5, 0.6) is 0 Å². The fraction of sp³-hybridized carbons (Fsp3) is 0.800. The van der Waals surface area contributed by atoms with E-state index in [1.165, 1.54) is 0 Å². The van der Waals surface area contributed by atoms with Crippen LogP contribution in [-0.4, -0.2) is 59.2 Å². The molecule has 2 N–H and O–H groups in total. The Morgan fingerprint density at radius 1 is 1.39 bits per heavy atom. The number of rotatable bonds is 9. The molecule has 1 heterocycles. The fourth-order valence-electron chi connectivity index (χ4n) is 2.33. The Morgan fingerprint density at radius 3 is 2.70 bits per heavy atom. The summed E-state index contributed by atoms with van der Waals surface area (Å²) in [5.41, 5.74) is 6.03. The monoisotopic (exact) mass is 346 g/mol. The van der Waals surface area contributed by atoms with Crippen LogP contribution in [0.4, 0.5) is 0 Å². The van der Waals surface area contributed by atoms with E-state index in [4.69, 9.17) is 15.2 Å². The van der Waals surface area contributed by atoms with Crippen molar-refractivity contribution >= 4 is 29.5 Å². The Balaban J connectivity index is 2.55. The Kier molecular flexibility index (Phi) is 8.57. The molecule has 0 aliphatic carbocycles. The molecule has 7 nitrogen and oxygen atoms in total. The first kappa shape index (κ1) is 19.9. The lowest BCUT2D eigenvalue weighted by atomic mass is 10.1. The van der Waals surface area contributed by atoms with E-state index in [1.807, 2.05) is 0 Å². The molecule has 1 fully saturated rings. The molecule has 0 aromatic carbocycles. The quantitative estimate of drug-likeness (QED) is 0.489. The summed E-state index contributed by atoms with van der Waals surface area (Å²) in [6, 6.07) is -0.438. The van der Waals surface area contributed by atoms with Gasteiger partial charge in [0.25, 0.3) is 5.91 Å². The zero-order valence-corrected chi connectivity index (χ0v) is 14.8. The van der Waals surface area contributed by atoms with E-state index in [0.717, 1.165) is 16.4 Å². The molecule has 2 amide bonds. The number of esters is 1. The van der Waals surface area contributed by atoms with Crippen LogP contribution in [0.2, 0.25) is 0 Å². The zero-order valence-electron chi connectivity index (χ0n) is 13.9. The number of ether oxygens (including phenoxy) is 2. The zero-order chi connectivity index (χ0) is 17.4. The van der Waals surface area contributed by atoms with Crippen LogP contribution in [0.25, 0.3) is 0 Å². The molecule has 8 heteroatoms. The molecule has 1 rings (SSSR count). The van der Waals surface area contributed by atoms with Gasteiger partial charge in [-0.05, 0) is 31.8 Å². The van der Waals surface area contributed by atoms with Gasteiger partial charge < -0.3 is 15.2 Å². The highest BCUT2D eigenvalue weighted by atomic mass is 32.2. The van der Waals surface area contributed by atoms with E-state index in [9.17, 15) is 14.4 Å². The number of hydrogen-bond acceptors (Lipinski definition) is 7. The van der Waals surface area contributed by atoms with Crippen LogP contribution in [-0.2, 0) is 23.9 Å². The number of carbonyl (C=O) groups is 3. The SMILES string of the molecule is CCOC(=O)CCC(=O)N1C(=O)C([C@H](N)CCSCC)OC1C. The van der Waals surface area contributed by atoms with Gasteiger partial charge in [-0.2, -0.15) is 11.8 Å². The number of nitrogens with zero attached hydrogens (tertiary/aromatic N) is 1. The molecule has 0 saturated carbocycles. The van der Waals surface area contributed by atoms with Crippen molar-refractivity contribution in [3.8, 4) is 0 Å². The van der Waals surface area contributed by atoms with Gasteiger partial charge in [-0.25, -0.2) is 0 Å². The number of imide groups is 1. The van der Waals surface area contributed by atoms with Crippen molar-refractivity contribution in [3.05, 3.63) is 0 Å². The summed E-state index contributed by atoms with van der Waals surface area (Å²) in [5.74, 6) is 0.524. The van der Waals surface area contributed by atoms with Gasteiger partial charge in [0, 0.05) is 12.5 Å². The van der Waals surface area contributed by atoms with Crippen molar-refractivity contribution in [2.45, 2.75) is 58.4 Å². The van der Waals surface area contributed by atoms with Gasteiger partial charge >= 0.3 is 5.97 Å². The van der Waals surface area contributed by atoms with Crippen molar-refractivity contribution in [3.63, 3.8) is 0 Å². The molecule has 1 aliphatic rings. The lowest BCUT2D eigenvalue weighted by Crippen LogP contribution is -2.44. The largest absolute Gasteiger partial charge is 0.466 e. The first-order chi connectivity index (χ1) is 10.9. The van der Waals surface area contributed by atoms with Crippen molar-refractivity contribution in [1.82, 2.24) is 4.90 Å². The molecule has 1 aliphatic heterocycles. The standard InChI is InChI=1S/C15H26N2O5S/c1-4-21-13(19)7-6-12(18)17-10(3)22-14(15(17)20)11(16)8-9-23-5-2/h10-11,14H,4-9,16H2,1-3H3/t10?,11-,14?/m1/s1. The Hall–Kier alpha value is -1.12. The van der Waals surface area contributed by atoms with E-state index in [2.05, 4.69) is 6.92 Å². The molecule has 132 valence electrons. The van der Waals surface area contributed by atoms with Gasteiger partial charge in [0.15, 0.2) is 6.10 Å². The topological polar surface area (TPSA) is 98.9 Å². The Labute approximate surface area is 141 Å². The fourth-order valence-corrected chi connectivity index (χ4v) is 3.06. The highest BCUT2D eigenvalue weighted by molar-refractivity contribution is 7.99. The summed E-state index contributed by atoms with van der Waals surface area (Å²) in [6.07, 6.45) is -0.938. The maximum absolute atomic E-state index is 12.4. The van der Waals surface area contributed by atoms with Crippen molar-refractivity contribution in [2.24, 2.45) is 5.73 Å². The number of thioether (sulfide) groups is 1. The number of amides is 2. The minimum absolute atomic E-state index is 0.0486. The van der Waals surface area contributed by atoms with Gasteiger partial charge in [0.1, 0.15) is 6.23 Å². The minimum Gasteiger partial charge on any atom is -0.466 e. The molecule has 0 aromatic heterocycles. The summed E-state index contributed by atoms with van der Waals surface area (Å²) in [4.78, 5) is 36.9. The van der Waals surface area contributed by atoms with Crippen molar-refractivity contribution in [1.29, 1.82) is 0 Å². The van der Waals surface area contributed by atoms with Crippen LogP contribution in [0.15, 0.2) is 0 Å². The lowest BCUT2D eigenvalue weighted by molar-refractivity contribution is -0.149. The lowest BCUT2D eigenvalue weighted by Gasteiger charge is -2.17. The molecular formula is C15H26N2O5S. The highest BCUT2D eigenvalue weighted by Gasteiger charge is 2.44. The van der Waals surface area contributed by atoms with Crippen molar-refractivity contribution < 1.29 is 23.9 Å². The van der Waals surface area contributed by atoms with Gasteiger partial charge in [0.05, 0.1) is 13.0 Å². The predicted molar refractivity (Wildman–Crippen MR) is 87.6 cm³/mol. The second-order valence-corrected chi connectivity index (χ2v) is 6.61. The first-order valence-corrected chi connectivity index (χ1v) is 9.08. The first-order valence-electron chi connectivity index (χ1n) is 7.92. The van der Waals surface area contributed by atoms with Crippen LogP contribution in [0, 0.1) is 0 Å². The molecule has 0 bridgehead atoms. The number of hydrogen-bond donors (Lipinski definition) is 1. The Morgan fingerprint density at radius 2 is 2.09 bits per heavy atom. The summed E-state index contributed by atoms with van der Waals surface area (Å²) < 4.78 is 10.3. The van der Waals surface area contributed by atoms with E-state index >= 15 is 0 Å². The highest BCUT2D eigenvalue weighted by Crippen LogP contribution is 2.22. The summed E-state index contributed by atoms with van der Waals surface area (Å²) in [7, 11) is 0. The van der Waals surface area contributed by atoms with Crippen LogP contribution in [0.1, 0.15) is 40.0 Å². The van der Waals surface area contributed by atoms with Crippen LogP contribution < -0.4 is 5.73 Å². The maximum atomic E-state index is 12.4. The molecule has 3 atom stereocenters. The van der Waals surface area contributed by atoms with Gasteiger partial charge in [-0.15, -0.1) is 0 Å². The summed E-state index contributed by atoms with van der Waals surface area (Å²) >= 11 is 1.74. The molecule has 0 spiro atoms. The second-order valence-electron chi connectivity index (χ2n) is 5.21. The maximum Gasteiger partial charge on any atom is 0.306 e. The average Bonchev–Trinajstić information content (AvgIpc) is 2.80. The third-order valence-electron chi connectivity index (χ3n) is 3.49. The normalized spacial score (nSPS) is 22.3. The average molecular weight is 346 g/mol. The molecule has 2 unspecified atom stereocenters. The van der Waals surface area contributed by atoms with E-state index in [1.54, 1.807) is 25.6 Å². The number of carbonyl (C=O) groups excluding carboxylic acids is 3. The molecule has 23 heavy (non-hydrogen) atoms. The van der Waals surface area contributed by atoms with Gasteiger partial charge in [-0.3, -0.25) is 19.3 Å². The van der Waals surface area contributed by atoms with Gasteiger partial charge in [0.2, 0.25) is 5.91 Å². The molecule has 1 saturated heterocycles. The Bertz CT molecular complexity index is 432. The molecule has 0 radical (unpaired) electrons. The molecular weight excluding hydrogens is 320 g/mol. The third-order valence-corrected chi connectivity index (χ3v) is 4.43. The molecule has 0 aromatic rings. The van der Waals surface area contributed by atoms with E-state index < -0.39 is 36.2 Å². The number of nitrogens with two attached hydrogens (primary N) is 1. The van der Waals surface area contributed by atoms with Crippen LogP contribution >= 0.6 is 11.8 Å².